The molecule has 544 valence electrons. The molecular weight excluding hydrogens is 1240 g/mol. The largest absolute Gasteiger partial charge is 0.497 e. The van der Waals surface area contributed by atoms with Crippen LogP contribution in [0.15, 0.2) is 146 Å². The van der Waals surface area contributed by atoms with Gasteiger partial charge in [-0.25, -0.2) is 9.59 Å². The van der Waals surface area contributed by atoms with Crippen molar-refractivity contribution in [3.05, 3.63) is 190 Å². The molecule has 0 fully saturated rings. The number of rotatable bonds is 46. The Labute approximate surface area is 595 Å². The van der Waals surface area contributed by atoms with Crippen LogP contribution in [0.2, 0.25) is 0 Å². The van der Waals surface area contributed by atoms with Crippen molar-refractivity contribution >= 4 is 23.9 Å². The molecule has 6 aromatic rings. The van der Waals surface area contributed by atoms with Gasteiger partial charge in [-0.1, -0.05) is 194 Å². The zero-order chi connectivity index (χ0) is 71.8. The van der Waals surface area contributed by atoms with E-state index in [2.05, 4.69) is 97.6 Å². The molecular formula is C84H121N3O12. The number of carbonyl (C=O) groups is 4. The van der Waals surface area contributed by atoms with Crippen molar-refractivity contribution in [3.8, 4) is 23.0 Å². The van der Waals surface area contributed by atoms with E-state index in [0.29, 0.717) is 45.4 Å². The Kier molecular flexibility index (Phi) is 42.8. The molecule has 0 saturated heterocycles. The van der Waals surface area contributed by atoms with Gasteiger partial charge < -0.3 is 53.0 Å². The summed E-state index contributed by atoms with van der Waals surface area (Å²) >= 11 is 0. The lowest BCUT2D eigenvalue weighted by atomic mass is 9.96. The molecule has 0 aliphatic heterocycles. The Morgan fingerprint density at radius 1 is 0.364 bits per heavy atom. The van der Waals surface area contributed by atoms with E-state index in [-0.39, 0.29) is 24.1 Å². The van der Waals surface area contributed by atoms with Crippen molar-refractivity contribution in [1.82, 2.24) is 14.7 Å². The number of ether oxygens (including phenoxy) is 7. The van der Waals surface area contributed by atoms with Crippen molar-refractivity contribution in [2.45, 2.75) is 199 Å². The predicted molar refractivity (Wildman–Crippen MR) is 401 cm³/mol. The summed E-state index contributed by atoms with van der Waals surface area (Å²) < 4.78 is 38.8. The van der Waals surface area contributed by atoms with E-state index in [0.717, 1.165) is 112 Å². The van der Waals surface area contributed by atoms with Crippen LogP contribution in [0.4, 0.5) is 0 Å². The molecule has 6 aromatic carbocycles. The van der Waals surface area contributed by atoms with Crippen molar-refractivity contribution in [2.24, 2.45) is 0 Å². The Bertz CT molecular complexity index is 2990. The standard InChI is InChI=1S/C31H47NO3.C30H45NO4.C23H29NO5/c1-5-6-7-8-9-10-11-16-31(33)35-30(25-32(2)3)24-21-28-15-13-12-14-27(28)20-17-26-18-22-29(34-4)23-19-26;1-5-6-7-8-9-10-11-16-30(32)35-28(23-31(2)3)24-34-29-15-13-12-14-26(29)20-17-25-18-21-27(33-4)22-19-25;1-24(2)16-21(29-23(27)22(25)26)15-12-19-7-5-4-6-18(19)11-8-17-9-13-20(28-3)14-10-17/h12-15,18-19,22-23,30H,5-11,16-17,20-21,24-25H2,1-4H3;12-15,18-19,21-22,28H,5-11,16-17,20,23-24H2,1-4H3;4-7,9-10,13-14,21H,8,11-12,15-16H2,1-3H3,(H,25,26)/t30-;28-;/m11./s1. The summed E-state index contributed by atoms with van der Waals surface area (Å²) in [5.74, 6) is 0.525. The third-order valence-corrected chi connectivity index (χ3v) is 17.4. The monoisotopic (exact) mass is 1360 g/mol. The second-order valence-electron chi connectivity index (χ2n) is 26.7. The van der Waals surface area contributed by atoms with Crippen molar-refractivity contribution in [3.63, 3.8) is 0 Å². The van der Waals surface area contributed by atoms with E-state index in [9.17, 15) is 19.2 Å². The number of nitrogens with zero attached hydrogens (tertiary/aromatic N) is 3. The molecule has 0 amide bonds. The predicted octanol–water partition coefficient (Wildman–Crippen LogP) is 16.5. The summed E-state index contributed by atoms with van der Waals surface area (Å²) in [5.41, 5.74) is 10.1. The number of esters is 3. The lowest BCUT2D eigenvalue weighted by Crippen LogP contribution is -2.35. The minimum absolute atomic E-state index is 0.0433. The van der Waals surface area contributed by atoms with E-state index in [1.54, 1.807) is 21.3 Å². The lowest BCUT2D eigenvalue weighted by molar-refractivity contribution is -0.168. The van der Waals surface area contributed by atoms with E-state index < -0.39 is 18.0 Å². The van der Waals surface area contributed by atoms with Crippen LogP contribution in [-0.2, 0) is 84.8 Å². The number of carboxylic acid groups (broad SMARTS) is 1. The zero-order valence-corrected chi connectivity index (χ0v) is 62.1. The maximum absolute atomic E-state index is 12.5. The van der Waals surface area contributed by atoms with Crippen LogP contribution in [0.5, 0.6) is 23.0 Å². The number of benzene rings is 6. The second kappa shape index (κ2) is 50.6. The van der Waals surface area contributed by atoms with Gasteiger partial charge in [0, 0.05) is 32.5 Å². The van der Waals surface area contributed by atoms with Gasteiger partial charge in [0.1, 0.15) is 47.9 Å². The van der Waals surface area contributed by atoms with Gasteiger partial charge in [0.25, 0.3) is 0 Å². The number of aliphatic carboxylic acids is 1. The number of carboxylic acids is 1. The van der Waals surface area contributed by atoms with E-state index in [4.69, 9.17) is 38.3 Å². The molecule has 0 aliphatic carbocycles. The average Bonchev–Trinajstić information content (AvgIpc) is 0.971. The topological polar surface area (TPSA) is 163 Å². The van der Waals surface area contributed by atoms with Crippen LogP contribution >= 0.6 is 0 Å². The van der Waals surface area contributed by atoms with E-state index in [1.807, 2.05) is 119 Å². The second-order valence-corrected chi connectivity index (χ2v) is 26.7. The SMILES string of the molecule is CCCCCCCCCC(=O)O[C@@H](COc1ccccc1CCc1ccc(OC)cc1)CN(C)C.CCCCCCCCCC(=O)O[C@H](CCc1ccccc1CCc1ccc(OC)cc1)CN(C)C.COc1ccc(CCc2ccccc2CCC(CN(C)C)OC(=O)C(=O)O)cc1. The van der Waals surface area contributed by atoms with Gasteiger partial charge in [0.15, 0.2) is 0 Å². The van der Waals surface area contributed by atoms with Gasteiger partial charge in [-0.05, 0) is 206 Å². The fourth-order valence-corrected chi connectivity index (χ4v) is 11.8. The molecule has 0 heterocycles. The van der Waals surface area contributed by atoms with Gasteiger partial charge in [-0.15, -0.1) is 0 Å². The third-order valence-electron chi connectivity index (χ3n) is 17.4. The molecule has 99 heavy (non-hydrogen) atoms. The fraction of sp³-hybridized carbons (Fsp3) is 0.524. The van der Waals surface area contributed by atoms with Gasteiger partial charge in [0.2, 0.25) is 0 Å². The third kappa shape index (κ3) is 37.3. The van der Waals surface area contributed by atoms with Gasteiger partial charge in [0.05, 0.1) is 21.3 Å². The van der Waals surface area contributed by atoms with Crippen LogP contribution in [0.1, 0.15) is 174 Å². The first-order valence-electron chi connectivity index (χ1n) is 36.4. The molecule has 3 atom stereocenters. The number of methoxy groups -OCH3 is 3. The van der Waals surface area contributed by atoms with Crippen molar-refractivity contribution < 1.29 is 57.4 Å². The first-order valence-corrected chi connectivity index (χ1v) is 36.4. The maximum Gasteiger partial charge on any atom is 0.417 e. The van der Waals surface area contributed by atoms with Crippen molar-refractivity contribution in [1.29, 1.82) is 0 Å². The number of carbonyl (C=O) groups excluding carboxylic acids is 3. The van der Waals surface area contributed by atoms with Gasteiger partial charge in [-0.2, -0.15) is 0 Å². The normalized spacial score (nSPS) is 11.9. The Hall–Kier alpha value is -7.72. The maximum atomic E-state index is 12.5. The molecule has 15 nitrogen and oxygen atoms in total. The Morgan fingerprint density at radius 2 is 0.677 bits per heavy atom. The van der Waals surface area contributed by atoms with Gasteiger partial charge >= 0.3 is 23.9 Å². The molecule has 6 rings (SSSR count). The van der Waals surface area contributed by atoms with Crippen LogP contribution in [0.25, 0.3) is 0 Å². The van der Waals surface area contributed by atoms with Crippen LogP contribution in [-0.4, -0.2) is 152 Å². The zero-order valence-electron chi connectivity index (χ0n) is 62.1. The number of likely N-dealkylation sites (N-methyl/N-ethyl adjacent to an activating group) is 3. The highest BCUT2D eigenvalue weighted by molar-refractivity contribution is 6.28. The quantitative estimate of drug-likeness (QED) is 0.0166. The van der Waals surface area contributed by atoms with Crippen LogP contribution < -0.4 is 18.9 Å². The summed E-state index contributed by atoms with van der Waals surface area (Å²) in [6, 6.07) is 49.6. The number of aryl methyl sites for hydroxylation is 8. The molecule has 0 bridgehead atoms. The molecule has 1 N–H and O–H groups in total. The van der Waals surface area contributed by atoms with E-state index >= 15 is 0 Å². The highest BCUT2D eigenvalue weighted by atomic mass is 16.6. The number of para-hydroxylation sites is 1. The molecule has 0 radical (unpaired) electrons. The summed E-state index contributed by atoms with van der Waals surface area (Å²) in [6.45, 7) is 6.69. The van der Waals surface area contributed by atoms with Crippen LogP contribution in [0, 0.1) is 0 Å². The highest BCUT2D eigenvalue weighted by Gasteiger charge is 2.23. The first kappa shape index (κ1) is 83.7. The molecule has 15 heteroatoms. The number of hydrogen-bond acceptors (Lipinski definition) is 14. The first-order chi connectivity index (χ1) is 47.9. The summed E-state index contributed by atoms with van der Waals surface area (Å²) in [6.07, 6.45) is 25.6. The van der Waals surface area contributed by atoms with E-state index in [1.165, 1.54) is 103 Å². The molecule has 0 aromatic heterocycles. The molecule has 0 spiro atoms. The molecule has 0 aliphatic rings. The number of hydrogen-bond donors (Lipinski definition) is 1. The van der Waals surface area contributed by atoms with Gasteiger partial charge in [-0.3, -0.25) is 9.59 Å². The molecule has 1 unspecified atom stereocenters. The average molecular weight is 1360 g/mol. The smallest absolute Gasteiger partial charge is 0.417 e. The highest BCUT2D eigenvalue weighted by Crippen LogP contribution is 2.24. The summed E-state index contributed by atoms with van der Waals surface area (Å²) in [5, 5.41) is 8.81. The fourth-order valence-electron chi connectivity index (χ4n) is 11.8. The minimum atomic E-state index is -1.56. The Balaban J connectivity index is 0.000000317. The van der Waals surface area contributed by atoms with Crippen molar-refractivity contribution in [2.75, 3.05) is 89.9 Å². The Morgan fingerprint density at radius 3 is 1.04 bits per heavy atom. The molecule has 0 saturated carbocycles. The van der Waals surface area contributed by atoms with Crippen LogP contribution in [0.3, 0.4) is 0 Å². The number of unbranched alkanes of at least 4 members (excludes halogenated alkanes) is 12. The summed E-state index contributed by atoms with van der Waals surface area (Å²) in [7, 11) is 16.8. The lowest BCUT2D eigenvalue weighted by Gasteiger charge is -2.22. The summed E-state index contributed by atoms with van der Waals surface area (Å²) in [4.78, 5) is 53.3. The minimum Gasteiger partial charge on any atom is -0.497 e.